The van der Waals surface area contributed by atoms with Gasteiger partial charge in [0, 0.05) is 17.7 Å². The molecule has 5 rings (SSSR count). The molecule has 1 saturated carbocycles. The first-order chi connectivity index (χ1) is 14.6. The van der Waals surface area contributed by atoms with Gasteiger partial charge in [-0.05, 0) is 41.7 Å². The van der Waals surface area contributed by atoms with Gasteiger partial charge in [-0.3, -0.25) is 0 Å². The fourth-order valence-corrected chi connectivity index (χ4v) is 5.59. The normalized spacial score (nSPS) is 28.4. The van der Waals surface area contributed by atoms with Crippen LogP contribution in [0, 0.1) is 11.8 Å². The van der Waals surface area contributed by atoms with Gasteiger partial charge in [-0.1, -0.05) is 30.3 Å². The summed E-state index contributed by atoms with van der Waals surface area (Å²) in [5.41, 5.74) is 0.0637. The Morgan fingerprint density at radius 3 is 2.83 bits per heavy atom. The van der Waals surface area contributed by atoms with Crippen molar-refractivity contribution in [2.75, 3.05) is 6.61 Å². The molecule has 6 nitrogen and oxygen atoms in total. The summed E-state index contributed by atoms with van der Waals surface area (Å²) >= 11 is 1.32. The van der Waals surface area contributed by atoms with Crippen LogP contribution < -0.4 is 4.74 Å². The Morgan fingerprint density at radius 1 is 1.20 bits per heavy atom. The Bertz CT molecular complexity index is 1070. The number of aromatic nitrogens is 1. The van der Waals surface area contributed by atoms with Gasteiger partial charge in [0.05, 0.1) is 18.8 Å². The second-order valence-corrected chi connectivity index (χ2v) is 8.96. The molecule has 2 fully saturated rings. The lowest BCUT2D eigenvalue weighted by molar-refractivity contribution is -0.0811. The SMILES string of the molecule is O=C(O)c1csc([C@H]2CC[C@@H]3[C@@H](COc4ccc5ccccc5c4)[C@H](O)C[C@@H]3O2)n1. The molecule has 0 spiro atoms. The maximum absolute atomic E-state index is 11.1. The number of benzene rings is 2. The number of ether oxygens (including phenoxy) is 2. The van der Waals surface area contributed by atoms with E-state index in [1.165, 1.54) is 16.7 Å². The smallest absolute Gasteiger partial charge is 0.355 e. The number of carboxylic acids is 1. The van der Waals surface area contributed by atoms with Crippen LogP contribution >= 0.6 is 11.3 Å². The van der Waals surface area contributed by atoms with E-state index in [0.29, 0.717) is 18.0 Å². The minimum Gasteiger partial charge on any atom is -0.493 e. The third-order valence-corrected chi connectivity index (χ3v) is 7.21. The highest BCUT2D eigenvalue weighted by molar-refractivity contribution is 7.09. The number of carbonyl (C=O) groups is 1. The van der Waals surface area contributed by atoms with Gasteiger partial charge in [0.15, 0.2) is 5.69 Å². The molecule has 0 unspecified atom stereocenters. The number of rotatable bonds is 5. The molecule has 3 aromatic rings. The Morgan fingerprint density at radius 2 is 2.03 bits per heavy atom. The van der Waals surface area contributed by atoms with E-state index in [9.17, 15) is 9.90 Å². The molecule has 2 aromatic carbocycles. The lowest BCUT2D eigenvalue weighted by Gasteiger charge is -2.33. The molecule has 5 atom stereocenters. The number of fused-ring (bicyclic) bond motifs is 2. The average Bonchev–Trinajstić information content (AvgIpc) is 3.36. The third-order valence-electron chi connectivity index (χ3n) is 6.28. The van der Waals surface area contributed by atoms with Crippen LogP contribution in [0.3, 0.4) is 0 Å². The molecule has 2 N–H and O–H groups in total. The van der Waals surface area contributed by atoms with E-state index in [-0.39, 0.29) is 29.7 Å². The van der Waals surface area contributed by atoms with E-state index < -0.39 is 12.1 Å². The molecule has 2 heterocycles. The predicted octanol–water partition coefficient (Wildman–Crippen LogP) is 4.29. The van der Waals surface area contributed by atoms with Gasteiger partial charge in [0.2, 0.25) is 0 Å². The van der Waals surface area contributed by atoms with Crippen molar-refractivity contribution in [3.05, 3.63) is 58.5 Å². The zero-order valence-corrected chi connectivity index (χ0v) is 17.1. The fourth-order valence-electron chi connectivity index (χ4n) is 4.73. The molecule has 2 aliphatic rings. The van der Waals surface area contributed by atoms with Crippen LogP contribution in [0.1, 0.15) is 40.9 Å². The predicted molar refractivity (Wildman–Crippen MR) is 113 cm³/mol. The number of thiazole rings is 1. The monoisotopic (exact) mass is 425 g/mol. The summed E-state index contributed by atoms with van der Waals surface area (Å²) in [6.45, 7) is 0.453. The summed E-state index contributed by atoms with van der Waals surface area (Å²) in [5.74, 6) is 0.0419. The molecule has 0 bridgehead atoms. The van der Waals surface area contributed by atoms with Crippen LogP contribution in [0.15, 0.2) is 47.8 Å². The largest absolute Gasteiger partial charge is 0.493 e. The Hall–Kier alpha value is -2.48. The van der Waals surface area contributed by atoms with Crippen molar-refractivity contribution < 1.29 is 24.5 Å². The molecule has 1 saturated heterocycles. The average molecular weight is 426 g/mol. The molecule has 1 aliphatic carbocycles. The maximum atomic E-state index is 11.1. The summed E-state index contributed by atoms with van der Waals surface area (Å²) in [4.78, 5) is 15.3. The number of aromatic carboxylic acids is 1. The third kappa shape index (κ3) is 3.69. The van der Waals surface area contributed by atoms with Gasteiger partial charge in [-0.25, -0.2) is 9.78 Å². The van der Waals surface area contributed by atoms with Gasteiger partial charge < -0.3 is 19.7 Å². The highest BCUT2D eigenvalue weighted by Gasteiger charge is 2.47. The zero-order chi connectivity index (χ0) is 20.7. The zero-order valence-electron chi connectivity index (χ0n) is 16.3. The minimum absolute atomic E-state index is 0.0216. The molecule has 0 amide bonds. The Balaban J connectivity index is 1.24. The van der Waals surface area contributed by atoms with Crippen molar-refractivity contribution in [1.29, 1.82) is 0 Å². The van der Waals surface area contributed by atoms with E-state index in [1.54, 1.807) is 5.38 Å². The molecular weight excluding hydrogens is 402 g/mol. The number of hydrogen-bond donors (Lipinski definition) is 2. The lowest BCUT2D eigenvalue weighted by atomic mass is 9.87. The van der Waals surface area contributed by atoms with Crippen molar-refractivity contribution in [2.24, 2.45) is 11.8 Å². The number of aliphatic hydroxyl groups is 1. The van der Waals surface area contributed by atoms with Crippen molar-refractivity contribution in [1.82, 2.24) is 4.98 Å². The summed E-state index contributed by atoms with van der Waals surface area (Å²) in [5, 5.41) is 24.3. The second kappa shape index (κ2) is 7.98. The first kappa shape index (κ1) is 19.5. The summed E-state index contributed by atoms with van der Waals surface area (Å²) in [6.07, 6.45) is 1.53. The first-order valence-electron chi connectivity index (χ1n) is 10.2. The number of hydrogen-bond acceptors (Lipinski definition) is 6. The van der Waals surface area contributed by atoms with Crippen molar-refractivity contribution in [3.8, 4) is 5.75 Å². The highest BCUT2D eigenvalue weighted by atomic mass is 32.1. The topological polar surface area (TPSA) is 88.9 Å². The maximum Gasteiger partial charge on any atom is 0.355 e. The minimum atomic E-state index is -1.02. The number of aliphatic hydroxyl groups excluding tert-OH is 1. The summed E-state index contributed by atoms with van der Waals surface area (Å²) in [6, 6.07) is 14.2. The summed E-state index contributed by atoms with van der Waals surface area (Å²) in [7, 11) is 0. The molecule has 1 aromatic heterocycles. The van der Waals surface area contributed by atoms with E-state index in [2.05, 4.69) is 17.1 Å². The van der Waals surface area contributed by atoms with E-state index in [4.69, 9.17) is 14.6 Å². The lowest BCUT2D eigenvalue weighted by Crippen LogP contribution is -2.33. The standard InChI is InChI=1S/C23H23NO5S/c25-19-10-21-16(7-8-20(29-21)22-24-18(12-30-22)23(26)27)17(19)11-28-15-6-5-13-3-1-2-4-14(13)9-15/h1-6,9,12,16-17,19-21,25H,7-8,10-11H2,(H,26,27)/t16-,17-,19-,20-,21+/m1/s1. The number of nitrogens with zero attached hydrogens (tertiary/aromatic N) is 1. The number of carboxylic acid groups (broad SMARTS) is 1. The highest BCUT2D eigenvalue weighted by Crippen LogP contribution is 2.46. The van der Waals surface area contributed by atoms with Gasteiger partial charge in [-0.15, -0.1) is 11.3 Å². The van der Waals surface area contributed by atoms with Crippen LogP contribution in [0.25, 0.3) is 10.8 Å². The Kier molecular flexibility index (Phi) is 5.18. The van der Waals surface area contributed by atoms with Crippen LogP contribution in [0.4, 0.5) is 0 Å². The molecule has 30 heavy (non-hydrogen) atoms. The van der Waals surface area contributed by atoms with Gasteiger partial charge >= 0.3 is 5.97 Å². The molecule has 1 aliphatic heterocycles. The van der Waals surface area contributed by atoms with E-state index >= 15 is 0 Å². The van der Waals surface area contributed by atoms with Gasteiger partial charge in [-0.2, -0.15) is 0 Å². The Labute approximate surface area is 178 Å². The van der Waals surface area contributed by atoms with Crippen LogP contribution in [0.2, 0.25) is 0 Å². The van der Waals surface area contributed by atoms with Crippen molar-refractivity contribution in [3.63, 3.8) is 0 Å². The quantitative estimate of drug-likeness (QED) is 0.634. The fraction of sp³-hybridized carbons (Fsp3) is 0.391. The van der Waals surface area contributed by atoms with E-state index in [1.807, 2.05) is 30.3 Å². The van der Waals surface area contributed by atoms with Gasteiger partial charge in [0.1, 0.15) is 16.9 Å². The van der Waals surface area contributed by atoms with E-state index in [0.717, 1.165) is 24.0 Å². The molecule has 0 radical (unpaired) electrons. The van der Waals surface area contributed by atoms with Crippen molar-refractivity contribution >= 4 is 28.1 Å². The van der Waals surface area contributed by atoms with Gasteiger partial charge in [0.25, 0.3) is 0 Å². The first-order valence-corrected chi connectivity index (χ1v) is 11.1. The summed E-state index contributed by atoms with van der Waals surface area (Å²) < 4.78 is 12.3. The second-order valence-electron chi connectivity index (χ2n) is 8.07. The molecule has 156 valence electrons. The van der Waals surface area contributed by atoms with Crippen molar-refractivity contribution in [2.45, 2.75) is 37.6 Å². The van der Waals surface area contributed by atoms with Crippen LogP contribution in [-0.2, 0) is 4.74 Å². The molecule has 7 heteroatoms. The molecular formula is C23H23NO5S. The van der Waals surface area contributed by atoms with Crippen LogP contribution in [-0.4, -0.2) is 40.0 Å². The van der Waals surface area contributed by atoms with Crippen LogP contribution in [0.5, 0.6) is 5.75 Å².